The van der Waals surface area contributed by atoms with Gasteiger partial charge in [-0.1, -0.05) is 13.3 Å². The molecule has 0 aromatic heterocycles. The van der Waals surface area contributed by atoms with E-state index in [1.54, 1.807) is 6.92 Å². The minimum absolute atomic E-state index is 0.224. The quantitative estimate of drug-likeness (QED) is 0.633. The van der Waals surface area contributed by atoms with Gasteiger partial charge in [-0.25, -0.2) is 4.18 Å². The Kier molecular flexibility index (Phi) is 4.26. The van der Waals surface area contributed by atoms with Crippen molar-refractivity contribution in [1.82, 2.24) is 0 Å². The van der Waals surface area contributed by atoms with Crippen LogP contribution >= 0.6 is 0 Å². The monoisotopic (exact) mass is 234 g/mol. The van der Waals surface area contributed by atoms with Crippen molar-refractivity contribution in [2.75, 3.05) is 0 Å². The summed E-state index contributed by atoms with van der Waals surface area (Å²) in [4.78, 5) is 0. The van der Waals surface area contributed by atoms with Gasteiger partial charge in [0.15, 0.2) is 0 Å². The van der Waals surface area contributed by atoms with Crippen LogP contribution in [0.25, 0.3) is 0 Å². The van der Waals surface area contributed by atoms with Crippen LogP contribution in [-0.2, 0) is 24.7 Å². The van der Waals surface area contributed by atoms with E-state index in [-0.39, 0.29) is 12.8 Å². The lowest BCUT2D eigenvalue weighted by Gasteiger charge is -2.10. The van der Waals surface area contributed by atoms with E-state index in [2.05, 4.69) is 4.18 Å². The van der Waals surface area contributed by atoms with Crippen LogP contribution < -0.4 is 0 Å². The van der Waals surface area contributed by atoms with E-state index in [9.17, 15) is 16.8 Å². The lowest BCUT2D eigenvalue weighted by Crippen LogP contribution is -2.26. The first-order valence-electron chi connectivity index (χ1n) is 3.29. The molecule has 1 atom stereocenters. The van der Waals surface area contributed by atoms with Crippen molar-refractivity contribution >= 4 is 20.5 Å². The third-order valence-corrected chi connectivity index (χ3v) is 2.68. The summed E-state index contributed by atoms with van der Waals surface area (Å²) in [6.45, 7) is 1.56. The zero-order valence-electron chi connectivity index (χ0n) is 6.74. The predicted molar refractivity (Wildman–Crippen MR) is 42.9 cm³/mol. The van der Waals surface area contributed by atoms with Crippen LogP contribution in [0.3, 0.4) is 0 Å². The predicted octanol–water partition coefficient (Wildman–Crippen LogP) is -0.180. The van der Waals surface area contributed by atoms with Crippen LogP contribution in [0.2, 0.25) is 0 Å². The smallest absolute Gasteiger partial charge is 0.284 e. The van der Waals surface area contributed by atoms with Crippen molar-refractivity contribution in [3.63, 3.8) is 0 Å². The summed E-state index contributed by atoms with van der Waals surface area (Å²) in [6, 6.07) is 0. The van der Waals surface area contributed by atoms with Crippen molar-refractivity contribution in [3.8, 4) is 0 Å². The molecule has 0 aromatic carbocycles. The Morgan fingerprint density at radius 2 is 1.69 bits per heavy atom. The largest absolute Gasteiger partial charge is 0.398 e. The SMILES string of the molecule is CCCC(OS(=O)(=O)O)S(=O)(=O)O. The van der Waals surface area contributed by atoms with Gasteiger partial charge in [-0.2, -0.15) is 16.8 Å². The van der Waals surface area contributed by atoms with Gasteiger partial charge in [0.05, 0.1) is 0 Å². The maximum absolute atomic E-state index is 10.5. The highest BCUT2D eigenvalue weighted by Gasteiger charge is 2.27. The third kappa shape index (κ3) is 5.93. The van der Waals surface area contributed by atoms with Crippen molar-refractivity contribution in [3.05, 3.63) is 0 Å². The molecule has 13 heavy (non-hydrogen) atoms. The highest BCUT2D eigenvalue weighted by Crippen LogP contribution is 2.11. The summed E-state index contributed by atoms with van der Waals surface area (Å²) in [5.41, 5.74) is -1.94. The maximum atomic E-state index is 10.5. The zero-order valence-corrected chi connectivity index (χ0v) is 8.38. The second-order valence-electron chi connectivity index (χ2n) is 2.26. The van der Waals surface area contributed by atoms with Gasteiger partial charge in [0.25, 0.3) is 10.1 Å². The van der Waals surface area contributed by atoms with E-state index in [4.69, 9.17) is 9.11 Å². The topological polar surface area (TPSA) is 118 Å². The van der Waals surface area contributed by atoms with Crippen LogP contribution in [0.1, 0.15) is 19.8 Å². The average Bonchev–Trinajstić information content (AvgIpc) is 1.81. The molecule has 0 aliphatic carbocycles. The van der Waals surface area contributed by atoms with Gasteiger partial charge in [-0.05, 0) is 6.42 Å². The van der Waals surface area contributed by atoms with Gasteiger partial charge in [0.1, 0.15) is 0 Å². The standard InChI is InChI=1S/C4H10O7S2/c1-2-3-4(12(5,6)7)11-13(8,9)10/h4H,2-3H2,1H3,(H,5,6,7)(H,8,9,10). The van der Waals surface area contributed by atoms with Gasteiger partial charge in [-0.3, -0.25) is 9.11 Å². The summed E-state index contributed by atoms with van der Waals surface area (Å²) in [5, 5.41) is 0. The fourth-order valence-electron chi connectivity index (χ4n) is 0.618. The molecule has 80 valence electrons. The fraction of sp³-hybridized carbons (Fsp3) is 1.00. The van der Waals surface area contributed by atoms with E-state index in [0.29, 0.717) is 0 Å². The molecule has 2 N–H and O–H groups in total. The summed E-state index contributed by atoms with van der Waals surface area (Å²) in [6.07, 6.45) is 0.0542. The highest BCUT2D eigenvalue weighted by molar-refractivity contribution is 7.87. The molecule has 0 rings (SSSR count). The van der Waals surface area contributed by atoms with Crippen molar-refractivity contribution in [2.45, 2.75) is 25.2 Å². The number of rotatable bonds is 5. The summed E-state index contributed by atoms with van der Waals surface area (Å²) >= 11 is 0. The van der Waals surface area contributed by atoms with Gasteiger partial charge in [-0.15, -0.1) is 0 Å². The lowest BCUT2D eigenvalue weighted by atomic mass is 10.4. The molecular weight excluding hydrogens is 224 g/mol. The van der Waals surface area contributed by atoms with Gasteiger partial charge in [0.2, 0.25) is 5.44 Å². The van der Waals surface area contributed by atoms with Crippen LogP contribution in [-0.4, -0.2) is 31.4 Å². The molecule has 0 aliphatic heterocycles. The Labute approximate surface area is 76.4 Å². The molecule has 0 amide bonds. The Morgan fingerprint density at radius 3 is 1.92 bits per heavy atom. The first-order chi connectivity index (χ1) is 5.67. The van der Waals surface area contributed by atoms with Gasteiger partial charge < -0.3 is 0 Å². The molecule has 0 saturated carbocycles. The maximum Gasteiger partial charge on any atom is 0.398 e. The highest BCUT2D eigenvalue weighted by atomic mass is 32.3. The molecule has 0 radical (unpaired) electrons. The van der Waals surface area contributed by atoms with E-state index < -0.39 is 26.0 Å². The molecule has 0 aromatic rings. The van der Waals surface area contributed by atoms with E-state index >= 15 is 0 Å². The first-order valence-corrected chi connectivity index (χ1v) is 6.15. The van der Waals surface area contributed by atoms with E-state index in [0.717, 1.165) is 0 Å². The fourth-order valence-corrected chi connectivity index (χ4v) is 2.21. The van der Waals surface area contributed by atoms with Crippen molar-refractivity contribution < 1.29 is 30.1 Å². The minimum Gasteiger partial charge on any atom is -0.284 e. The Morgan fingerprint density at radius 1 is 1.23 bits per heavy atom. The van der Waals surface area contributed by atoms with E-state index in [1.165, 1.54) is 0 Å². The number of hydrogen-bond donors (Lipinski definition) is 2. The molecule has 7 nitrogen and oxygen atoms in total. The summed E-state index contributed by atoms with van der Waals surface area (Å²) < 4.78 is 61.5. The molecule has 0 aliphatic rings. The molecule has 0 bridgehead atoms. The normalized spacial score (nSPS) is 15.6. The Hall–Kier alpha value is -0.220. The minimum atomic E-state index is -4.87. The Bertz CT molecular complexity index is 339. The first kappa shape index (κ1) is 12.8. The summed E-state index contributed by atoms with van der Waals surface area (Å²) in [5.74, 6) is 0. The van der Waals surface area contributed by atoms with Crippen LogP contribution in [0, 0.1) is 0 Å². The second kappa shape index (κ2) is 4.33. The van der Waals surface area contributed by atoms with Crippen LogP contribution in [0.15, 0.2) is 0 Å². The summed E-state index contributed by atoms with van der Waals surface area (Å²) in [7, 11) is -9.49. The van der Waals surface area contributed by atoms with Crippen molar-refractivity contribution in [2.24, 2.45) is 0 Å². The molecule has 0 saturated heterocycles. The molecule has 0 fully saturated rings. The third-order valence-electron chi connectivity index (χ3n) is 1.09. The van der Waals surface area contributed by atoms with E-state index in [1.807, 2.05) is 0 Å². The molecular formula is C4H10O7S2. The number of hydrogen-bond acceptors (Lipinski definition) is 5. The molecule has 0 spiro atoms. The second-order valence-corrected chi connectivity index (χ2v) is 4.86. The Balaban J connectivity index is 4.66. The lowest BCUT2D eigenvalue weighted by molar-refractivity contribution is 0.218. The van der Waals surface area contributed by atoms with Crippen LogP contribution in [0.4, 0.5) is 0 Å². The molecule has 1 unspecified atom stereocenters. The molecule has 0 heterocycles. The average molecular weight is 234 g/mol. The zero-order chi connectivity index (χ0) is 10.7. The van der Waals surface area contributed by atoms with Crippen molar-refractivity contribution in [1.29, 1.82) is 0 Å². The molecule has 9 heteroatoms. The van der Waals surface area contributed by atoms with Crippen LogP contribution in [0.5, 0.6) is 0 Å². The van der Waals surface area contributed by atoms with Gasteiger partial charge >= 0.3 is 10.4 Å². The van der Waals surface area contributed by atoms with Gasteiger partial charge in [0, 0.05) is 0 Å².